The number of hydrogen-bond acceptors (Lipinski definition) is 5. The van der Waals surface area contributed by atoms with Crippen molar-refractivity contribution in [3.63, 3.8) is 0 Å². The molecule has 0 atom stereocenters. The lowest BCUT2D eigenvalue weighted by molar-refractivity contribution is 0.0227. The van der Waals surface area contributed by atoms with Crippen molar-refractivity contribution in [3.8, 4) is 5.69 Å². The number of hydrogen-bond donors (Lipinski definition) is 0. The largest absolute Gasteiger partial charge is 0.440 e. The molecule has 140 valence electrons. The van der Waals surface area contributed by atoms with Gasteiger partial charge in [-0.25, -0.2) is 14.4 Å². The van der Waals surface area contributed by atoms with Crippen molar-refractivity contribution in [2.24, 2.45) is 0 Å². The Labute approximate surface area is 161 Å². The van der Waals surface area contributed by atoms with Crippen molar-refractivity contribution in [1.82, 2.24) is 14.7 Å². The van der Waals surface area contributed by atoms with Crippen LogP contribution in [0.5, 0.6) is 0 Å². The number of carbonyl (C=O) groups excluding carboxylic acids is 3. The standard InChI is InChI=1S/C21H17N3O4/c1-13-18(14(2)24(22-13)15-8-4-3-5-9-15)21(27)28-12-23-19(25)16-10-6-7-11-17(16)20(23)26/h3-11H,12H2,1-2H3. The van der Waals surface area contributed by atoms with Crippen molar-refractivity contribution in [2.45, 2.75) is 13.8 Å². The molecule has 28 heavy (non-hydrogen) atoms. The second kappa shape index (κ2) is 6.77. The molecule has 2 aromatic carbocycles. The first-order valence-electron chi connectivity index (χ1n) is 8.73. The van der Waals surface area contributed by atoms with Crippen LogP contribution in [0.25, 0.3) is 5.69 Å². The molecule has 0 aliphatic carbocycles. The maximum atomic E-state index is 12.6. The van der Waals surface area contributed by atoms with Gasteiger partial charge in [-0.05, 0) is 38.1 Å². The number of imide groups is 1. The van der Waals surface area contributed by atoms with Crippen LogP contribution in [0.1, 0.15) is 42.5 Å². The second-order valence-corrected chi connectivity index (χ2v) is 6.44. The molecule has 7 heteroatoms. The first kappa shape index (κ1) is 17.7. The normalized spacial score (nSPS) is 13.0. The zero-order chi connectivity index (χ0) is 19.8. The van der Waals surface area contributed by atoms with Gasteiger partial charge in [-0.2, -0.15) is 5.10 Å². The average molecular weight is 375 g/mol. The zero-order valence-corrected chi connectivity index (χ0v) is 15.4. The summed E-state index contributed by atoms with van der Waals surface area (Å²) in [6.07, 6.45) is 0. The molecular formula is C21H17N3O4. The first-order chi connectivity index (χ1) is 13.5. The molecule has 0 bridgehead atoms. The van der Waals surface area contributed by atoms with Gasteiger partial charge < -0.3 is 4.74 Å². The minimum absolute atomic E-state index is 0.313. The van der Waals surface area contributed by atoms with Gasteiger partial charge in [0.15, 0.2) is 6.73 Å². The molecule has 2 amide bonds. The Morgan fingerprint density at radius 1 is 0.929 bits per heavy atom. The number of aromatic nitrogens is 2. The fourth-order valence-electron chi connectivity index (χ4n) is 3.31. The predicted molar refractivity (Wildman–Crippen MR) is 100 cm³/mol. The summed E-state index contributed by atoms with van der Waals surface area (Å²) in [5.41, 5.74) is 2.90. The van der Waals surface area contributed by atoms with Gasteiger partial charge in [0.05, 0.1) is 28.2 Å². The Kier molecular flexibility index (Phi) is 4.27. The van der Waals surface area contributed by atoms with E-state index in [9.17, 15) is 14.4 Å². The van der Waals surface area contributed by atoms with E-state index in [0.717, 1.165) is 10.6 Å². The van der Waals surface area contributed by atoms with Crippen LogP contribution >= 0.6 is 0 Å². The number of esters is 1. The molecule has 0 saturated carbocycles. The molecule has 0 spiro atoms. The van der Waals surface area contributed by atoms with E-state index in [1.807, 2.05) is 30.3 Å². The maximum absolute atomic E-state index is 12.6. The van der Waals surface area contributed by atoms with Gasteiger partial charge >= 0.3 is 5.97 Å². The Morgan fingerprint density at radius 3 is 2.11 bits per heavy atom. The molecule has 3 aromatic rings. The minimum atomic E-state index is -0.631. The smallest absolute Gasteiger partial charge is 0.343 e. The molecular weight excluding hydrogens is 358 g/mol. The highest BCUT2D eigenvalue weighted by molar-refractivity contribution is 6.21. The fourth-order valence-corrected chi connectivity index (χ4v) is 3.31. The van der Waals surface area contributed by atoms with Gasteiger partial charge in [0.25, 0.3) is 11.8 Å². The third kappa shape index (κ3) is 2.77. The number of benzene rings is 2. The van der Waals surface area contributed by atoms with Gasteiger partial charge in [-0.15, -0.1) is 0 Å². The SMILES string of the molecule is Cc1nn(-c2ccccc2)c(C)c1C(=O)OCN1C(=O)c2ccccc2C1=O. The van der Waals surface area contributed by atoms with Gasteiger partial charge in [0, 0.05) is 0 Å². The molecule has 4 rings (SSSR count). The number of ether oxygens (including phenoxy) is 1. The molecule has 2 heterocycles. The van der Waals surface area contributed by atoms with E-state index in [1.54, 1.807) is 42.8 Å². The third-order valence-electron chi connectivity index (χ3n) is 4.70. The first-order valence-corrected chi connectivity index (χ1v) is 8.73. The summed E-state index contributed by atoms with van der Waals surface area (Å²) in [5.74, 6) is -1.57. The van der Waals surface area contributed by atoms with E-state index < -0.39 is 24.5 Å². The van der Waals surface area contributed by atoms with E-state index in [2.05, 4.69) is 5.10 Å². The van der Waals surface area contributed by atoms with Crippen LogP contribution in [0.4, 0.5) is 0 Å². The number of amides is 2. The average Bonchev–Trinajstić information content (AvgIpc) is 3.14. The van der Waals surface area contributed by atoms with Crippen molar-refractivity contribution in [3.05, 3.63) is 82.7 Å². The van der Waals surface area contributed by atoms with Crippen LogP contribution in [-0.2, 0) is 4.74 Å². The van der Waals surface area contributed by atoms with Crippen molar-refractivity contribution < 1.29 is 19.1 Å². The Morgan fingerprint density at radius 2 is 1.50 bits per heavy atom. The van der Waals surface area contributed by atoms with Crippen LogP contribution in [0, 0.1) is 13.8 Å². The molecule has 1 aliphatic heterocycles. The number of rotatable bonds is 4. The van der Waals surface area contributed by atoms with Crippen LogP contribution in [0.15, 0.2) is 54.6 Å². The second-order valence-electron chi connectivity index (χ2n) is 6.44. The van der Waals surface area contributed by atoms with Crippen LogP contribution in [0.3, 0.4) is 0 Å². The summed E-state index contributed by atoms with van der Waals surface area (Å²) in [6.45, 7) is 3.04. The molecule has 0 saturated heterocycles. The van der Waals surface area contributed by atoms with Crippen molar-refractivity contribution in [1.29, 1.82) is 0 Å². The maximum Gasteiger partial charge on any atom is 0.343 e. The molecule has 0 fully saturated rings. The number of fused-ring (bicyclic) bond motifs is 1. The highest BCUT2D eigenvalue weighted by Gasteiger charge is 2.36. The summed E-state index contributed by atoms with van der Waals surface area (Å²) in [7, 11) is 0. The molecule has 0 N–H and O–H groups in total. The summed E-state index contributed by atoms with van der Waals surface area (Å²) < 4.78 is 6.95. The van der Waals surface area contributed by atoms with Crippen LogP contribution in [-0.4, -0.2) is 39.2 Å². The summed E-state index contributed by atoms with van der Waals surface area (Å²) in [4.78, 5) is 38.3. The third-order valence-corrected chi connectivity index (χ3v) is 4.70. The molecule has 7 nitrogen and oxygen atoms in total. The highest BCUT2D eigenvalue weighted by atomic mass is 16.5. The lowest BCUT2D eigenvalue weighted by atomic mass is 10.1. The lowest BCUT2D eigenvalue weighted by Gasteiger charge is -2.14. The van der Waals surface area contributed by atoms with E-state index >= 15 is 0 Å². The van der Waals surface area contributed by atoms with Crippen LogP contribution < -0.4 is 0 Å². The van der Waals surface area contributed by atoms with Gasteiger partial charge in [-0.3, -0.25) is 9.59 Å². The minimum Gasteiger partial charge on any atom is -0.440 e. The van der Waals surface area contributed by atoms with Gasteiger partial charge in [0.1, 0.15) is 5.56 Å². The Balaban J connectivity index is 1.54. The fraction of sp³-hybridized carbons (Fsp3) is 0.143. The Bertz CT molecular complexity index is 1070. The summed E-state index contributed by atoms with van der Waals surface area (Å²) in [6, 6.07) is 15.9. The molecule has 1 aromatic heterocycles. The topological polar surface area (TPSA) is 81.5 Å². The summed E-state index contributed by atoms with van der Waals surface area (Å²) in [5, 5.41) is 4.41. The van der Waals surface area contributed by atoms with Crippen LogP contribution in [0.2, 0.25) is 0 Å². The predicted octanol–water partition coefficient (Wildman–Crippen LogP) is 2.90. The monoisotopic (exact) mass is 375 g/mol. The lowest BCUT2D eigenvalue weighted by Crippen LogP contribution is -2.33. The highest BCUT2D eigenvalue weighted by Crippen LogP contribution is 2.23. The van der Waals surface area contributed by atoms with E-state index in [0.29, 0.717) is 28.1 Å². The van der Waals surface area contributed by atoms with Crippen molar-refractivity contribution >= 4 is 17.8 Å². The van der Waals surface area contributed by atoms with E-state index in [1.165, 1.54) is 0 Å². The van der Waals surface area contributed by atoms with E-state index in [4.69, 9.17) is 4.74 Å². The van der Waals surface area contributed by atoms with Gasteiger partial charge in [0.2, 0.25) is 0 Å². The zero-order valence-electron chi connectivity index (χ0n) is 15.4. The van der Waals surface area contributed by atoms with Gasteiger partial charge in [-0.1, -0.05) is 30.3 Å². The quantitative estimate of drug-likeness (QED) is 0.517. The number of aryl methyl sites for hydroxylation is 1. The number of para-hydroxylation sites is 1. The van der Waals surface area contributed by atoms with E-state index in [-0.39, 0.29) is 0 Å². The summed E-state index contributed by atoms with van der Waals surface area (Å²) >= 11 is 0. The number of carbonyl (C=O) groups is 3. The molecule has 1 aliphatic rings. The molecule has 0 radical (unpaired) electrons. The molecule has 0 unspecified atom stereocenters. The van der Waals surface area contributed by atoms with Crippen molar-refractivity contribution in [2.75, 3.05) is 6.73 Å². The Hall–Kier alpha value is -3.74. The number of nitrogens with zero attached hydrogens (tertiary/aromatic N) is 3.